The molecule has 0 saturated carbocycles. The van der Waals surface area contributed by atoms with Crippen molar-refractivity contribution in [3.05, 3.63) is 75.0 Å². The Balaban J connectivity index is 2.15. The molecule has 1 aromatic heterocycles. The van der Waals surface area contributed by atoms with Gasteiger partial charge in [-0.15, -0.1) is 0 Å². The van der Waals surface area contributed by atoms with E-state index >= 15 is 0 Å². The third-order valence-electron chi connectivity index (χ3n) is 3.16. The fraction of sp³-hybridized carbons (Fsp3) is 0.0625. The highest BCUT2D eigenvalue weighted by atomic mass is 79.9. The van der Waals surface area contributed by atoms with Crippen LogP contribution in [0, 0.1) is 6.92 Å². The maximum atomic E-state index is 11.7. The van der Waals surface area contributed by atoms with Crippen molar-refractivity contribution < 1.29 is 0 Å². The smallest absolute Gasteiger partial charge is 0.265 e. The van der Waals surface area contributed by atoms with Gasteiger partial charge in [-0.3, -0.25) is 14.6 Å². The zero-order valence-electron chi connectivity index (χ0n) is 10.9. The molecule has 0 bridgehead atoms. The zero-order chi connectivity index (χ0) is 14.1. The van der Waals surface area contributed by atoms with Crippen molar-refractivity contribution in [1.82, 2.24) is 9.78 Å². The summed E-state index contributed by atoms with van der Waals surface area (Å²) < 4.78 is 2.83. The Kier molecular flexibility index (Phi) is 3.32. The molecule has 0 amide bonds. The first-order valence-corrected chi connectivity index (χ1v) is 7.08. The van der Waals surface area contributed by atoms with Gasteiger partial charge in [-0.05, 0) is 31.2 Å². The predicted octanol–water partition coefficient (Wildman–Crippen LogP) is 3.90. The van der Waals surface area contributed by atoms with Crippen LogP contribution in [0.2, 0.25) is 0 Å². The Labute approximate surface area is 125 Å². The van der Waals surface area contributed by atoms with Crippen molar-refractivity contribution in [2.45, 2.75) is 6.92 Å². The summed E-state index contributed by atoms with van der Waals surface area (Å²) in [6, 6.07) is 17.6. The van der Waals surface area contributed by atoms with Gasteiger partial charge >= 0.3 is 0 Å². The number of benzene rings is 2. The minimum atomic E-state index is -0.108. The lowest BCUT2D eigenvalue weighted by Gasteiger charge is -2.09. The number of aryl methyl sites for hydroxylation is 1. The summed E-state index contributed by atoms with van der Waals surface area (Å²) in [6.07, 6.45) is 0. The van der Waals surface area contributed by atoms with Gasteiger partial charge in [0.05, 0.1) is 11.4 Å². The van der Waals surface area contributed by atoms with E-state index in [9.17, 15) is 4.79 Å². The average molecular weight is 329 g/mol. The van der Waals surface area contributed by atoms with Crippen molar-refractivity contribution in [1.29, 1.82) is 0 Å². The molecule has 2 aromatic carbocycles. The third-order valence-corrected chi connectivity index (χ3v) is 3.69. The van der Waals surface area contributed by atoms with Crippen LogP contribution in [0.3, 0.4) is 0 Å². The van der Waals surface area contributed by atoms with Crippen LogP contribution in [0.5, 0.6) is 0 Å². The lowest BCUT2D eigenvalue weighted by molar-refractivity contribution is 0.870. The molecule has 0 fully saturated rings. The molecule has 0 saturated heterocycles. The lowest BCUT2D eigenvalue weighted by atomic mass is 10.1. The monoisotopic (exact) mass is 328 g/mol. The maximum absolute atomic E-state index is 11.7. The summed E-state index contributed by atoms with van der Waals surface area (Å²) in [4.78, 5) is 11.7. The molecule has 0 aliphatic rings. The van der Waals surface area contributed by atoms with Gasteiger partial charge in [0.15, 0.2) is 0 Å². The number of rotatable bonds is 2. The average Bonchev–Trinajstić information content (AvgIpc) is 2.82. The molecule has 0 unspecified atom stereocenters. The van der Waals surface area contributed by atoms with E-state index in [-0.39, 0.29) is 5.56 Å². The number of aromatic amines is 1. The Morgan fingerprint density at radius 1 is 1.00 bits per heavy atom. The first-order valence-electron chi connectivity index (χ1n) is 6.28. The fourth-order valence-electron chi connectivity index (χ4n) is 2.12. The van der Waals surface area contributed by atoms with Gasteiger partial charge in [-0.1, -0.05) is 45.8 Å². The van der Waals surface area contributed by atoms with Gasteiger partial charge in [0.25, 0.3) is 5.56 Å². The van der Waals surface area contributed by atoms with Crippen molar-refractivity contribution >= 4 is 15.9 Å². The van der Waals surface area contributed by atoms with E-state index in [4.69, 9.17) is 0 Å². The summed E-state index contributed by atoms with van der Waals surface area (Å²) in [6.45, 7) is 2.04. The van der Waals surface area contributed by atoms with Crippen molar-refractivity contribution in [3.63, 3.8) is 0 Å². The minimum Gasteiger partial charge on any atom is -0.268 e. The molecule has 100 valence electrons. The molecular formula is C16H13BrN2O. The molecule has 1 N–H and O–H groups in total. The van der Waals surface area contributed by atoms with E-state index in [1.807, 2.05) is 60.1 Å². The summed E-state index contributed by atoms with van der Waals surface area (Å²) in [5.41, 5.74) is 3.87. The lowest BCUT2D eigenvalue weighted by Crippen LogP contribution is -2.04. The van der Waals surface area contributed by atoms with Crippen molar-refractivity contribution in [2.75, 3.05) is 0 Å². The van der Waals surface area contributed by atoms with Crippen LogP contribution in [-0.2, 0) is 0 Å². The van der Waals surface area contributed by atoms with Crippen molar-refractivity contribution in [2.24, 2.45) is 0 Å². The standard InChI is InChI=1S/C16H13BrN2O/c1-11-2-8-14(9-3-11)19-15(10-16(20)18-19)12-4-6-13(17)7-5-12/h2-10H,1H3,(H,18,20). The first-order chi connectivity index (χ1) is 9.63. The van der Waals surface area contributed by atoms with Gasteiger partial charge in [0.1, 0.15) is 0 Å². The van der Waals surface area contributed by atoms with E-state index in [0.717, 1.165) is 21.4 Å². The molecule has 0 spiro atoms. The van der Waals surface area contributed by atoms with Crippen LogP contribution in [-0.4, -0.2) is 9.78 Å². The first kappa shape index (κ1) is 12.9. The van der Waals surface area contributed by atoms with E-state index in [1.165, 1.54) is 5.56 Å². The quantitative estimate of drug-likeness (QED) is 0.761. The van der Waals surface area contributed by atoms with Crippen LogP contribution in [0.15, 0.2) is 63.9 Å². The molecule has 0 radical (unpaired) electrons. The fourth-order valence-corrected chi connectivity index (χ4v) is 2.39. The van der Waals surface area contributed by atoms with E-state index in [2.05, 4.69) is 21.0 Å². The van der Waals surface area contributed by atoms with Crippen molar-refractivity contribution in [3.8, 4) is 16.9 Å². The zero-order valence-corrected chi connectivity index (χ0v) is 12.5. The van der Waals surface area contributed by atoms with Crippen LogP contribution in [0.25, 0.3) is 16.9 Å². The maximum Gasteiger partial charge on any atom is 0.265 e. The Hall–Kier alpha value is -2.07. The minimum absolute atomic E-state index is 0.108. The van der Waals surface area contributed by atoms with Gasteiger partial charge in [-0.25, -0.2) is 0 Å². The predicted molar refractivity (Wildman–Crippen MR) is 84.3 cm³/mol. The number of hydrogen-bond donors (Lipinski definition) is 1. The van der Waals surface area contributed by atoms with Gasteiger partial charge < -0.3 is 0 Å². The van der Waals surface area contributed by atoms with Gasteiger partial charge in [0, 0.05) is 16.1 Å². The summed E-state index contributed by atoms with van der Waals surface area (Å²) in [5.74, 6) is 0. The van der Waals surface area contributed by atoms with E-state index in [1.54, 1.807) is 6.07 Å². The second-order valence-corrected chi connectivity index (χ2v) is 5.60. The molecular weight excluding hydrogens is 316 g/mol. The highest BCUT2D eigenvalue weighted by Crippen LogP contribution is 2.23. The normalized spacial score (nSPS) is 10.7. The van der Waals surface area contributed by atoms with Gasteiger partial charge in [0.2, 0.25) is 0 Å². The Morgan fingerprint density at radius 3 is 2.30 bits per heavy atom. The number of H-pyrrole nitrogens is 1. The van der Waals surface area contributed by atoms with Crippen LogP contribution < -0.4 is 5.56 Å². The third kappa shape index (κ3) is 2.47. The number of nitrogens with zero attached hydrogens (tertiary/aromatic N) is 1. The summed E-state index contributed by atoms with van der Waals surface area (Å²) in [5, 5.41) is 2.84. The van der Waals surface area contributed by atoms with E-state index in [0.29, 0.717) is 0 Å². The van der Waals surface area contributed by atoms with Crippen LogP contribution in [0.4, 0.5) is 0 Å². The number of nitrogens with one attached hydrogen (secondary N) is 1. The summed E-state index contributed by atoms with van der Waals surface area (Å²) >= 11 is 3.42. The molecule has 20 heavy (non-hydrogen) atoms. The highest BCUT2D eigenvalue weighted by molar-refractivity contribution is 9.10. The second-order valence-electron chi connectivity index (χ2n) is 4.68. The molecule has 0 aliphatic carbocycles. The number of aromatic nitrogens is 2. The number of hydrogen-bond acceptors (Lipinski definition) is 1. The largest absolute Gasteiger partial charge is 0.268 e. The molecule has 0 aliphatic heterocycles. The van der Waals surface area contributed by atoms with E-state index < -0.39 is 0 Å². The molecule has 1 heterocycles. The SMILES string of the molecule is Cc1ccc(-n2[nH]c(=O)cc2-c2ccc(Br)cc2)cc1. The molecule has 3 nitrogen and oxygen atoms in total. The molecule has 4 heteroatoms. The summed E-state index contributed by atoms with van der Waals surface area (Å²) in [7, 11) is 0. The highest BCUT2D eigenvalue weighted by Gasteiger charge is 2.08. The van der Waals surface area contributed by atoms with Crippen LogP contribution >= 0.6 is 15.9 Å². The Bertz CT molecular complexity index is 717. The van der Waals surface area contributed by atoms with Gasteiger partial charge in [-0.2, -0.15) is 0 Å². The molecule has 3 aromatic rings. The topological polar surface area (TPSA) is 37.8 Å². The molecule has 0 atom stereocenters. The molecule has 3 rings (SSSR count). The second kappa shape index (κ2) is 5.13. The van der Waals surface area contributed by atoms with Crippen LogP contribution in [0.1, 0.15) is 5.56 Å². The number of halogens is 1. The Morgan fingerprint density at radius 2 is 1.65 bits per heavy atom.